The van der Waals surface area contributed by atoms with Crippen LogP contribution in [-0.2, 0) is 16.0 Å². The Bertz CT molecular complexity index is 1590. The molecule has 1 aromatic carbocycles. The monoisotopic (exact) mass is 617 g/mol. The smallest absolute Gasteiger partial charge is 0.267 e. The van der Waals surface area contributed by atoms with Crippen molar-refractivity contribution in [3.8, 4) is 0 Å². The fourth-order valence-electron chi connectivity index (χ4n) is 6.50. The summed E-state index contributed by atoms with van der Waals surface area (Å²) in [5.41, 5.74) is 3.01. The van der Waals surface area contributed by atoms with E-state index < -0.39 is 0 Å². The van der Waals surface area contributed by atoms with Crippen molar-refractivity contribution < 1.29 is 9.53 Å². The van der Waals surface area contributed by atoms with Gasteiger partial charge in [0.05, 0.1) is 22.7 Å². The molecule has 6 rings (SSSR count). The first-order valence-corrected chi connectivity index (χ1v) is 16.4. The molecule has 0 spiro atoms. The van der Waals surface area contributed by atoms with Crippen LogP contribution in [0, 0.1) is 12.8 Å². The molecule has 1 amide bonds. The second kappa shape index (κ2) is 12.9. The first-order valence-electron chi connectivity index (χ1n) is 15.2. The predicted octanol–water partition coefficient (Wildman–Crippen LogP) is 4.77. The number of nitrogens with zero attached hydrogens (tertiary/aromatic N) is 5. The maximum absolute atomic E-state index is 14.0. The van der Waals surface area contributed by atoms with Gasteiger partial charge in [0, 0.05) is 45.5 Å². The van der Waals surface area contributed by atoms with Crippen molar-refractivity contribution in [2.75, 3.05) is 44.2 Å². The van der Waals surface area contributed by atoms with Gasteiger partial charge in [0.25, 0.3) is 11.5 Å². The normalized spacial score (nSPS) is 23.2. The molecular formula is C33H39N5O3S2. The number of amides is 1. The summed E-state index contributed by atoms with van der Waals surface area (Å²) in [6, 6.07) is 13.9. The van der Waals surface area contributed by atoms with Crippen molar-refractivity contribution in [1.82, 2.24) is 19.2 Å². The fraction of sp³-hybridized carbons (Fsp3) is 0.455. The lowest BCUT2D eigenvalue weighted by Crippen LogP contribution is -2.48. The van der Waals surface area contributed by atoms with Gasteiger partial charge in [0.15, 0.2) is 0 Å². The Morgan fingerprint density at radius 1 is 1.05 bits per heavy atom. The van der Waals surface area contributed by atoms with Gasteiger partial charge in [-0.25, -0.2) is 4.98 Å². The van der Waals surface area contributed by atoms with Gasteiger partial charge in [-0.05, 0) is 69.2 Å². The quantitative estimate of drug-likeness (QED) is 0.278. The maximum atomic E-state index is 14.0. The lowest BCUT2D eigenvalue weighted by atomic mass is 9.95. The minimum absolute atomic E-state index is 0.154. The molecule has 3 aliphatic heterocycles. The van der Waals surface area contributed by atoms with Crippen LogP contribution in [0.2, 0.25) is 0 Å². The van der Waals surface area contributed by atoms with Crippen LogP contribution in [0.15, 0.2) is 58.4 Å². The van der Waals surface area contributed by atoms with Crippen molar-refractivity contribution in [1.29, 1.82) is 0 Å². The van der Waals surface area contributed by atoms with E-state index in [-0.39, 0.29) is 23.7 Å². The average molecular weight is 618 g/mol. The maximum Gasteiger partial charge on any atom is 0.267 e. The number of piperidine rings is 1. The lowest BCUT2D eigenvalue weighted by Gasteiger charge is -2.40. The van der Waals surface area contributed by atoms with E-state index >= 15 is 0 Å². The zero-order chi connectivity index (χ0) is 30.1. The Kier molecular flexibility index (Phi) is 9.00. The number of hydrogen-bond donors (Lipinski definition) is 0. The van der Waals surface area contributed by atoms with E-state index in [2.05, 4.69) is 35.8 Å². The van der Waals surface area contributed by atoms with Gasteiger partial charge in [0.2, 0.25) is 0 Å². The fourth-order valence-corrected chi connectivity index (χ4v) is 7.79. The van der Waals surface area contributed by atoms with Crippen molar-refractivity contribution in [2.45, 2.75) is 52.2 Å². The summed E-state index contributed by atoms with van der Waals surface area (Å²) in [5, 5.41) is 0. The Labute approximate surface area is 262 Å². The summed E-state index contributed by atoms with van der Waals surface area (Å²) >= 11 is 6.88. The summed E-state index contributed by atoms with van der Waals surface area (Å²) in [6.07, 6.45) is 6.75. The largest absolute Gasteiger partial charge is 0.373 e. The van der Waals surface area contributed by atoms with Gasteiger partial charge in [0.1, 0.15) is 15.8 Å². The molecule has 2 unspecified atom stereocenters. The molecule has 0 N–H and O–H groups in total. The van der Waals surface area contributed by atoms with Crippen LogP contribution in [0.1, 0.15) is 43.4 Å². The van der Waals surface area contributed by atoms with Crippen LogP contribution < -0.4 is 10.5 Å². The van der Waals surface area contributed by atoms with E-state index in [1.807, 2.05) is 37.3 Å². The van der Waals surface area contributed by atoms with Crippen LogP contribution in [0.5, 0.6) is 0 Å². The first-order chi connectivity index (χ1) is 20.8. The summed E-state index contributed by atoms with van der Waals surface area (Å²) in [5.74, 6) is 1.08. The molecule has 2 atom stereocenters. The highest BCUT2D eigenvalue weighted by Crippen LogP contribution is 2.34. The highest BCUT2D eigenvalue weighted by Gasteiger charge is 2.33. The molecule has 3 aliphatic rings. The van der Waals surface area contributed by atoms with Crippen molar-refractivity contribution in [3.05, 3.63) is 80.6 Å². The zero-order valence-electron chi connectivity index (χ0n) is 25.1. The number of carbonyl (C=O) groups is 1. The van der Waals surface area contributed by atoms with Crippen molar-refractivity contribution in [2.24, 2.45) is 5.92 Å². The molecule has 0 bridgehead atoms. The molecule has 8 nitrogen and oxygen atoms in total. The van der Waals surface area contributed by atoms with E-state index in [1.54, 1.807) is 21.6 Å². The summed E-state index contributed by atoms with van der Waals surface area (Å²) in [6.45, 7) is 11.4. The number of carbonyl (C=O) groups excluding carboxylic acids is 1. The third kappa shape index (κ3) is 6.57. The van der Waals surface area contributed by atoms with Crippen LogP contribution in [0.3, 0.4) is 0 Å². The number of fused-ring (bicyclic) bond motifs is 1. The highest BCUT2D eigenvalue weighted by atomic mass is 32.2. The molecule has 5 heterocycles. The van der Waals surface area contributed by atoms with Crippen molar-refractivity contribution in [3.63, 3.8) is 0 Å². The number of aryl methyl sites for hydroxylation is 1. The molecule has 226 valence electrons. The van der Waals surface area contributed by atoms with E-state index in [9.17, 15) is 9.59 Å². The topological polar surface area (TPSA) is 70.4 Å². The summed E-state index contributed by atoms with van der Waals surface area (Å²) in [4.78, 5) is 39.4. The van der Waals surface area contributed by atoms with E-state index in [4.69, 9.17) is 21.9 Å². The minimum Gasteiger partial charge on any atom is -0.373 e. The Balaban J connectivity index is 1.25. The Hall–Kier alpha value is -3.05. The van der Waals surface area contributed by atoms with Gasteiger partial charge < -0.3 is 9.64 Å². The number of morpholine rings is 1. The molecular weight excluding hydrogens is 579 g/mol. The number of benzene rings is 1. The Morgan fingerprint density at radius 2 is 1.77 bits per heavy atom. The van der Waals surface area contributed by atoms with Gasteiger partial charge in [-0.1, -0.05) is 60.4 Å². The number of ether oxygens (including phenoxy) is 1. The number of aromatic nitrogens is 2. The van der Waals surface area contributed by atoms with Crippen LogP contribution in [0.25, 0.3) is 11.7 Å². The molecule has 43 heavy (non-hydrogen) atoms. The summed E-state index contributed by atoms with van der Waals surface area (Å²) in [7, 11) is 0. The second-order valence-electron chi connectivity index (χ2n) is 12.0. The highest BCUT2D eigenvalue weighted by molar-refractivity contribution is 8.26. The van der Waals surface area contributed by atoms with Crippen LogP contribution >= 0.6 is 24.0 Å². The Morgan fingerprint density at radius 3 is 2.49 bits per heavy atom. The van der Waals surface area contributed by atoms with Crippen LogP contribution in [0.4, 0.5) is 5.82 Å². The molecule has 3 fully saturated rings. The lowest BCUT2D eigenvalue weighted by molar-refractivity contribution is -0.122. The first kappa shape index (κ1) is 30.0. The SMILES string of the molecule is Cc1cccn2c(=O)c(/C=C3/SC(=S)N(CCc4ccccc4)C3=O)c(N3CCC(CN4CC(C)OC(C)C4)CC3)nc12. The number of pyridine rings is 1. The number of thiocarbonyl (C=S) groups is 1. The third-order valence-corrected chi connectivity index (χ3v) is 9.98. The molecule has 10 heteroatoms. The second-order valence-corrected chi connectivity index (χ2v) is 13.7. The van der Waals surface area contributed by atoms with Gasteiger partial charge in [-0.3, -0.25) is 23.8 Å². The van der Waals surface area contributed by atoms with Gasteiger partial charge in [-0.15, -0.1) is 0 Å². The van der Waals surface area contributed by atoms with Crippen molar-refractivity contribution >= 4 is 51.7 Å². The predicted molar refractivity (Wildman–Crippen MR) is 178 cm³/mol. The summed E-state index contributed by atoms with van der Waals surface area (Å²) < 4.78 is 8.04. The van der Waals surface area contributed by atoms with Gasteiger partial charge in [-0.2, -0.15) is 0 Å². The molecule has 3 saturated heterocycles. The standard InChI is InChI=1S/C33H39N5O3S2/c1-22-8-7-14-37-29(22)34-30(36-15-11-26(12-16-36)21-35-19-23(2)41-24(3)20-35)27(31(37)39)18-28-32(40)38(33(42)43-28)17-13-25-9-5-4-6-10-25/h4-10,14,18,23-24,26H,11-13,15-17,19-21H2,1-3H3/b28-18+. The third-order valence-electron chi connectivity index (χ3n) is 8.61. The van der Waals surface area contributed by atoms with E-state index in [0.29, 0.717) is 45.1 Å². The average Bonchev–Trinajstić information content (AvgIpc) is 3.25. The molecule has 0 radical (unpaired) electrons. The number of thioether (sulfide) groups is 1. The number of rotatable bonds is 7. The minimum atomic E-state index is -0.170. The van der Waals surface area contributed by atoms with E-state index in [1.165, 1.54) is 11.8 Å². The molecule has 0 aliphatic carbocycles. The van der Waals surface area contributed by atoms with E-state index in [0.717, 1.165) is 56.7 Å². The molecule has 3 aromatic rings. The van der Waals surface area contributed by atoms with Crippen LogP contribution in [-0.4, -0.2) is 80.9 Å². The van der Waals surface area contributed by atoms with Gasteiger partial charge >= 0.3 is 0 Å². The molecule has 2 aromatic heterocycles. The number of hydrogen-bond acceptors (Lipinski definition) is 8. The zero-order valence-corrected chi connectivity index (χ0v) is 26.7. The molecule has 0 saturated carbocycles. The number of anilines is 1.